The minimum atomic E-state index is 0.0303. The van der Waals surface area contributed by atoms with Gasteiger partial charge in [-0.3, -0.25) is 0 Å². The summed E-state index contributed by atoms with van der Waals surface area (Å²) in [5, 5.41) is 10.4. The van der Waals surface area contributed by atoms with Gasteiger partial charge in [0.25, 0.3) is 0 Å². The lowest BCUT2D eigenvalue weighted by Gasteiger charge is -2.05. The molecule has 1 atom stereocenters. The largest absolute Gasteiger partial charge is 0.322 e. The molecule has 1 aliphatic rings. The first-order valence-corrected chi connectivity index (χ1v) is 6.65. The molecule has 1 saturated carbocycles. The summed E-state index contributed by atoms with van der Waals surface area (Å²) in [6, 6.07) is 0.0303. The van der Waals surface area contributed by atoms with E-state index >= 15 is 0 Å². The minimum Gasteiger partial charge on any atom is -0.322 e. The molecule has 15 heavy (non-hydrogen) atoms. The average molecular weight is 225 g/mol. The smallest absolute Gasteiger partial charge is 0.133 e. The van der Waals surface area contributed by atoms with Gasteiger partial charge in [0.1, 0.15) is 10.0 Å². The highest BCUT2D eigenvalue weighted by Crippen LogP contribution is 2.29. The predicted octanol–water partition coefficient (Wildman–Crippen LogP) is 2.68. The van der Waals surface area contributed by atoms with Crippen LogP contribution in [0.1, 0.15) is 55.1 Å². The van der Waals surface area contributed by atoms with Crippen LogP contribution in [-0.2, 0) is 6.42 Å². The molecular formula is C11H19N3S. The SMILES string of the molecule is CC(N)c1nnc(CCC2CCCC2)s1. The van der Waals surface area contributed by atoms with Crippen molar-refractivity contribution in [1.29, 1.82) is 0 Å². The van der Waals surface area contributed by atoms with Crippen molar-refractivity contribution in [3.8, 4) is 0 Å². The van der Waals surface area contributed by atoms with Crippen LogP contribution in [0.5, 0.6) is 0 Å². The number of aryl methyl sites for hydroxylation is 1. The van der Waals surface area contributed by atoms with Crippen molar-refractivity contribution in [2.45, 2.75) is 51.5 Å². The standard InChI is InChI=1S/C11H19N3S/c1-8(12)11-14-13-10(15-11)7-6-9-4-2-3-5-9/h8-9H,2-7,12H2,1H3. The lowest BCUT2D eigenvalue weighted by atomic mass is 10.0. The summed E-state index contributed by atoms with van der Waals surface area (Å²) in [7, 11) is 0. The zero-order chi connectivity index (χ0) is 10.7. The van der Waals surface area contributed by atoms with Gasteiger partial charge in [-0.25, -0.2) is 0 Å². The van der Waals surface area contributed by atoms with E-state index in [2.05, 4.69) is 10.2 Å². The van der Waals surface area contributed by atoms with Crippen molar-refractivity contribution in [1.82, 2.24) is 10.2 Å². The van der Waals surface area contributed by atoms with E-state index in [1.165, 1.54) is 32.1 Å². The van der Waals surface area contributed by atoms with Crippen LogP contribution < -0.4 is 5.73 Å². The fourth-order valence-corrected chi connectivity index (χ4v) is 2.99. The van der Waals surface area contributed by atoms with Crippen molar-refractivity contribution in [2.75, 3.05) is 0 Å². The molecule has 1 unspecified atom stereocenters. The van der Waals surface area contributed by atoms with Gasteiger partial charge in [0.05, 0.1) is 6.04 Å². The summed E-state index contributed by atoms with van der Waals surface area (Å²) < 4.78 is 0. The molecule has 4 heteroatoms. The second kappa shape index (κ2) is 5.03. The Bertz CT molecular complexity index is 303. The van der Waals surface area contributed by atoms with E-state index in [1.54, 1.807) is 11.3 Å². The van der Waals surface area contributed by atoms with Gasteiger partial charge in [-0.2, -0.15) is 0 Å². The third-order valence-electron chi connectivity index (χ3n) is 3.11. The average Bonchev–Trinajstić information content (AvgIpc) is 2.86. The van der Waals surface area contributed by atoms with Crippen molar-refractivity contribution in [2.24, 2.45) is 11.7 Å². The molecule has 0 spiro atoms. The van der Waals surface area contributed by atoms with Gasteiger partial charge in [-0.1, -0.05) is 37.0 Å². The zero-order valence-corrected chi connectivity index (χ0v) is 10.1. The molecule has 0 aliphatic heterocycles. The first kappa shape index (κ1) is 11.0. The van der Waals surface area contributed by atoms with Crippen molar-refractivity contribution in [3.05, 3.63) is 10.0 Å². The van der Waals surface area contributed by atoms with Crippen molar-refractivity contribution in [3.63, 3.8) is 0 Å². The van der Waals surface area contributed by atoms with Crippen molar-refractivity contribution >= 4 is 11.3 Å². The van der Waals surface area contributed by atoms with Gasteiger partial charge in [-0.15, -0.1) is 10.2 Å². The van der Waals surface area contributed by atoms with Crippen molar-refractivity contribution < 1.29 is 0 Å². The molecule has 84 valence electrons. The molecule has 1 heterocycles. The lowest BCUT2D eigenvalue weighted by molar-refractivity contribution is 0.502. The van der Waals surface area contributed by atoms with Gasteiger partial charge < -0.3 is 5.73 Å². The van der Waals surface area contributed by atoms with Crippen LogP contribution in [0.15, 0.2) is 0 Å². The normalized spacial score (nSPS) is 19.6. The number of aromatic nitrogens is 2. The highest BCUT2D eigenvalue weighted by molar-refractivity contribution is 7.11. The summed E-state index contributed by atoms with van der Waals surface area (Å²) in [5.41, 5.74) is 5.75. The predicted molar refractivity (Wildman–Crippen MR) is 62.8 cm³/mol. The summed E-state index contributed by atoms with van der Waals surface area (Å²) in [6.07, 6.45) is 8.05. The molecule has 3 nitrogen and oxygen atoms in total. The second-order valence-electron chi connectivity index (χ2n) is 4.51. The molecule has 0 radical (unpaired) electrons. The summed E-state index contributed by atoms with van der Waals surface area (Å²) in [5.74, 6) is 0.938. The third kappa shape index (κ3) is 2.98. The molecule has 0 saturated heterocycles. The van der Waals surface area contributed by atoms with Crippen LogP contribution in [0.25, 0.3) is 0 Å². The van der Waals surface area contributed by atoms with Crippen LogP contribution in [0, 0.1) is 5.92 Å². The number of nitrogens with zero attached hydrogens (tertiary/aromatic N) is 2. The lowest BCUT2D eigenvalue weighted by Crippen LogP contribution is -2.03. The van der Waals surface area contributed by atoms with Crippen LogP contribution in [-0.4, -0.2) is 10.2 Å². The molecule has 2 rings (SSSR count). The Kier molecular flexibility index (Phi) is 3.70. The highest BCUT2D eigenvalue weighted by Gasteiger charge is 2.16. The number of hydrogen-bond acceptors (Lipinski definition) is 4. The summed E-state index contributed by atoms with van der Waals surface area (Å²) in [6.45, 7) is 1.96. The minimum absolute atomic E-state index is 0.0303. The summed E-state index contributed by atoms with van der Waals surface area (Å²) >= 11 is 1.68. The van der Waals surface area contributed by atoms with Crippen LogP contribution in [0.3, 0.4) is 0 Å². The Morgan fingerprint density at radius 2 is 2.13 bits per heavy atom. The molecule has 1 aromatic rings. The molecular weight excluding hydrogens is 206 g/mol. The van der Waals surface area contributed by atoms with Gasteiger partial charge in [0.2, 0.25) is 0 Å². The Hall–Kier alpha value is -0.480. The number of hydrogen-bond donors (Lipinski definition) is 1. The van der Waals surface area contributed by atoms with E-state index in [4.69, 9.17) is 5.73 Å². The van der Waals surface area contributed by atoms with E-state index in [0.717, 1.165) is 22.4 Å². The maximum atomic E-state index is 5.75. The monoisotopic (exact) mass is 225 g/mol. The van der Waals surface area contributed by atoms with E-state index in [0.29, 0.717) is 0 Å². The zero-order valence-electron chi connectivity index (χ0n) is 9.28. The highest BCUT2D eigenvalue weighted by atomic mass is 32.1. The molecule has 1 aliphatic carbocycles. The number of nitrogens with two attached hydrogens (primary N) is 1. The molecule has 0 bridgehead atoms. The molecule has 1 fully saturated rings. The van der Waals surface area contributed by atoms with Gasteiger partial charge in [-0.05, 0) is 19.3 Å². The Balaban J connectivity index is 1.82. The van der Waals surface area contributed by atoms with Gasteiger partial charge in [0.15, 0.2) is 0 Å². The molecule has 0 amide bonds. The number of rotatable bonds is 4. The Morgan fingerprint density at radius 3 is 2.73 bits per heavy atom. The van der Waals surface area contributed by atoms with E-state index < -0.39 is 0 Å². The van der Waals surface area contributed by atoms with Crippen LogP contribution in [0.4, 0.5) is 0 Å². The Morgan fingerprint density at radius 1 is 1.40 bits per heavy atom. The second-order valence-corrected chi connectivity index (χ2v) is 5.61. The van der Waals surface area contributed by atoms with Crippen LogP contribution >= 0.6 is 11.3 Å². The van der Waals surface area contributed by atoms with E-state index in [1.807, 2.05) is 6.92 Å². The first-order valence-electron chi connectivity index (χ1n) is 5.83. The van der Waals surface area contributed by atoms with E-state index in [9.17, 15) is 0 Å². The Labute approximate surface area is 95.1 Å². The molecule has 1 aromatic heterocycles. The van der Waals surface area contributed by atoms with Gasteiger partial charge in [0, 0.05) is 6.42 Å². The van der Waals surface area contributed by atoms with Crippen LogP contribution in [0.2, 0.25) is 0 Å². The molecule has 2 N–H and O–H groups in total. The fraction of sp³-hybridized carbons (Fsp3) is 0.818. The first-order chi connectivity index (χ1) is 7.25. The fourth-order valence-electron chi connectivity index (χ4n) is 2.18. The maximum absolute atomic E-state index is 5.75. The third-order valence-corrected chi connectivity index (χ3v) is 4.30. The molecule has 0 aromatic carbocycles. The maximum Gasteiger partial charge on any atom is 0.133 e. The quantitative estimate of drug-likeness (QED) is 0.857. The van der Waals surface area contributed by atoms with Gasteiger partial charge >= 0.3 is 0 Å². The topological polar surface area (TPSA) is 51.8 Å². The summed E-state index contributed by atoms with van der Waals surface area (Å²) in [4.78, 5) is 0. The van der Waals surface area contributed by atoms with E-state index in [-0.39, 0.29) is 6.04 Å².